The number of hydrogen-bond donors (Lipinski definition) is 1. The Balaban J connectivity index is 1.72. The van der Waals surface area contributed by atoms with E-state index in [0.717, 1.165) is 11.3 Å². The monoisotopic (exact) mass is 404 g/mol. The molecule has 30 heavy (non-hydrogen) atoms. The van der Waals surface area contributed by atoms with Crippen LogP contribution in [0.5, 0.6) is 0 Å². The van der Waals surface area contributed by atoms with Crippen LogP contribution in [-0.2, 0) is 15.0 Å². The number of nitrogens with one attached hydrogen (secondary N) is 1. The molecule has 0 aliphatic carbocycles. The van der Waals surface area contributed by atoms with Crippen LogP contribution in [0.15, 0.2) is 54.7 Å². The fourth-order valence-electron chi connectivity index (χ4n) is 4.57. The molecule has 0 fully saturated rings. The summed E-state index contributed by atoms with van der Waals surface area (Å²) in [5, 5.41) is 7.33. The van der Waals surface area contributed by atoms with Crippen molar-refractivity contribution >= 4 is 23.3 Å². The number of amides is 2. The topological polar surface area (TPSA) is 67.2 Å². The molecule has 0 saturated carbocycles. The molecule has 1 spiro atoms. The summed E-state index contributed by atoms with van der Waals surface area (Å²) in [6, 6.07) is 13.5. The molecule has 6 nitrogen and oxygen atoms in total. The van der Waals surface area contributed by atoms with Gasteiger partial charge in [-0.25, -0.2) is 9.07 Å². The van der Waals surface area contributed by atoms with E-state index in [2.05, 4.69) is 24.3 Å². The lowest BCUT2D eigenvalue weighted by molar-refractivity contribution is -0.126. The van der Waals surface area contributed by atoms with Gasteiger partial charge in [-0.3, -0.25) is 9.59 Å². The van der Waals surface area contributed by atoms with E-state index in [9.17, 15) is 14.0 Å². The molecule has 2 aliphatic heterocycles. The van der Waals surface area contributed by atoms with Gasteiger partial charge in [0.2, 0.25) is 11.8 Å². The van der Waals surface area contributed by atoms with Crippen LogP contribution in [0, 0.1) is 11.7 Å². The van der Waals surface area contributed by atoms with Crippen LogP contribution >= 0.6 is 0 Å². The SMILES string of the molecule is CC(C)CN1C(=O)[C@]2(CC(=O)Nc3c2cnn3-c2ccc(F)cc2)c2ccccc21. The van der Waals surface area contributed by atoms with Gasteiger partial charge in [-0.2, -0.15) is 5.10 Å². The van der Waals surface area contributed by atoms with E-state index in [0.29, 0.717) is 23.6 Å². The van der Waals surface area contributed by atoms with E-state index >= 15 is 0 Å². The number of hydrogen-bond acceptors (Lipinski definition) is 3. The summed E-state index contributed by atoms with van der Waals surface area (Å²) in [6.45, 7) is 4.69. The standard InChI is InChI=1S/C23H21FN4O2/c1-14(2)13-27-19-6-4-3-5-17(19)23(22(27)30)11-20(29)26-21-18(23)12-25-28(21)16-9-7-15(24)8-10-16/h3-10,12,14H,11,13H2,1-2H3,(H,26,29)/t23-/m1/s1. The van der Waals surface area contributed by atoms with Gasteiger partial charge in [0.1, 0.15) is 17.1 Å². The van der Waals surface area contributed by atoms with Crippen molar-refractivity contribution in [3.63, 3.8) is 0 Å². The average Bonchev–Trinajstić information content (AvgIpc) is 3.23. The number of carbonyl (C=O) groups excluding carboxylic acids is 2. The van der Waals surface area contributed by atoms with E-state index in [1.807, 2.05) is 24.3 Å². The highest BCUT2D eigenvalue weighted by Crippen LogP contribution is 2.52. The number of para-hydroxylation sites is 1. The zero-order valence-corrected chi connectivity index (χ0v) is 16.7. The lowest BCUT2D eigenvalue weighted by Gasteiger charge is -2.32. The maximum atomic E-state index is 13.8. The Labute approximate surface area is 173 Å². The predicted molar refractivity (Wildman–Crippen MR) is 111 cm³/mol. The number of aromatic nitrogens is 2. The van der Waals surface area contributed by atoms with Crippen molar-refractivity contribution in [2.24, 2.45) is 5.92 Å². The molecular formula is C23H21FN4O2. The molecule has 1 N–H and O–H groups in total. The maximum Gasteiger partial charge on any atom is 0.242 e. The molecule has 0 radical (unpaired) electrons. The van der Waals surface area contributed by atoms with Gasteiger partial charge in [0.05, 0.1) is 11.9 Å². The molecule has 0 bridgehead atoms. The van der Waals surface area contributed by atoms with Gasteiger partial charge >= 0.3 is 0 Å². The molecular weight excluding hydrogens is 383 g/mol. The van der Waals surface area contributed by atoms with Gasteiger partial charge < -0.3 is 10.2 Å². The minimum absolute atomic E-state index is 0.0273. The van der Waals surface area contributed by atoms with Gasteiger partial charge in [0.25, 0.3) is 0 Å². The van der Waals surface area contributed by atoms with E-state index in [4.69, 9.17) is 0 Å². The van der Waals surface area contributed by atoms with Crippen LogP contribution in [-0.4, -0.2) is 28.1 Å². The predicted octanol–water partition coefficient (Wildman–Crippen LogP) is 3.64. The Kier molecular flexibility index (Phi) is 4.03. The molecule has 152 valence electrons. The second-order valence-corrected chi connectivity index (χ2v) is 8.25. The molecule has 2 aromatic carbocycles. The summed E-state index contributed by atoms with van der Waals surface area (Å²) in [4.78, 5) is 28.4. The highest BCUT2D eigenvalue weighted by atomic mass is 19.1. The van der Waals surface area contributed by atoms with Gasteiger partial charge in [-0.15, -0.1) is 0 Å². The smallest absolute Gasteiger partial charge is 0.242 e. The third kappa shape index (κ3) is 2.51. The van der Waals surface area contributed by atoms with E-state index in [-0.39, 0.29) is 30.0 Å². The first kappa shape index (κ1) is 18.5. The molecule has 2 aliphatic rings. The Hall–Kier alpha value is -3.48. The Morgan fingerprint density at radius 2 is 1.83 bits per heavy atom. The van der Waals surface area contributed by atoms with Crippen molar-refractivity contribution < 1.29 is 14.0 Å². The van der Waals surface area contributed by atoms with Gasteiger partial charge in [0, 0.05) is 24.2 Å². The van der Waals surface area contributed by atoms with Crippen molar-refractivity contribution in [2.45, 2.75) is 25.7 Å². The highest BCUT2D eigenvalue weighted by Gasteiger charge is 2.57. The van der Waals surface area contributed by atoms with Crippen molar-refractivity contribution in [1.29, 1.82) is 0 Å². The molecule has 1 aromatic heterocycles. The average molecular weight is 404 g/mol. The van der Waals surface area contributed by atoms with Crippen molar-refractivity contribution in [3.8, 4) is 5.69 Å². The molecule has 3 aromatic rings. The zero-order valence-electron chi connectivity index (χ0n) is 16.7. The summed E-state index contributed by atoms with van der Waals surface area (Å²) < 4.78 is 14.9. The number of halogens is 1. The van der Waals surface area contributed by atoms with Crippen LogP contribution in [0.1, 0.15) is 31.4 Å². The van der Waals surface area contributed by atoms with E-state index in [1.54, 1.807) is 27.9 Å². The first-order valence-corrected chi connectivity index (χ1v) is 9.97. The molecule has 1 atom stereocenters. The number of fused-ring (bicyclic) bond motifs is 4. The van der Waals surface area contributed by atoms with Crippen LogP contribution < -0.4 is 10.2 Å². The second-order valence-electron chi connectivity index (χ2n) is 8.25. The Bertz CT molecular complexity index is 1170. The Morgan fingerprint density at radius 1 is 1.10 bits per heavy atom. The first-order chi connectivity index (χ1) is 14.4. The number of benzene rings is 2. The summed E-state index contributed by atoms with van der Waals surface area (Å²) in [5.41, 5.74) is 1.82. The molecule has 5 rings (SSSR count). The lowest BCUT2D eigenvalue weighted by atomic mass is 9.72. The zero-order chi connectivity index (χ0) is 21.0. The summed E-state index contributed by atoms with van der Waals surface area (Å²) in [6.07, 6.45) is 1.67. The Morgan fingerprint density at radius 3 is 2.57 bits per heavy atom. The number of carbonyl (C=O) groups is 2. The summed E-state index contributed by atoms with van der Waals surface area (Å²) in [5.74, 6) is 0.0148. The maximum absolute atomic E-state index is 13.8. The van der Waals surface area contributed by atoms with Crippen molar-refractivity contribution in [3.05, 3.63) is 71.7 Å². The minimum atomic E-state index is -1.11. The van der Waals surface area contributed by atoms with Crippen molar-refractivity contribution in [1.82, 2.24) is 9.78 Å². The first-order valence-electron chi connectivity index (χ1n) is 9.97. The van der Waals surface area contributed by atoms with Crippen LogP contribution in [0.25, 0.3) is 5.69 Å². The normalized spacial score (nSPS) is 19.9. The summed E-state index contributed by atoms with van der Waals surface area (Å²) >= 11 is 0. The second kappa shape index (κ2) is 6.52. The summed E-state index contributed by atoms with van der Waals surface area (Å²) in [7, 11) is 0. The van der Waals surface area contributed by atoms with Gasteiger partial charge in [0.15, 0.2) is 0 Å². The third-order valence-electron chi connectivity index (χ3n) is 5.80. The molecule has 7 heteroatoms. The van der Waals surface area contributed by atoms with E-state index in [1.165, 1.54) is 12.1 Å². The van der Waals surface area contributed by atoms with Gasteiger partial charge in [-0.05, 0) is 41.8 Å². The van der Waals surface area contributed by atoms with Gasteiger partial charge in [-0.1, -0.05) is 32.0 Å². The minimum Gasteiger partial charge on any atom is -0.311 e. The molecule has 0 saturated heterocycles. The fraction of sp³-hybridized carbons (Fsp3) is 0.261. The number of rotatable bonds is 3. The van der Waals surface area contributed by atoms with Crippen LogP contribution in [0.4, 0.5) is 15.9 Å². The highest BCUT2D eigenvalue weighted by molar-refractivity contribution is 6.15. The molecule has 3 heterocycles. The largest absolute Gasteiger partial charge is 0.311 e. The molecule has 2 amide bonds. The lowest BCUT2D eigenvalue weighted by Crippen LogP contribution is -2.47. The van der Waals surface area contributed by atoms with Crippen LogP contribution in [0.2, 0.25) is 0 Å². The molecule has 0 unspecified atom stereocenters. The number of nitrogens with zero attached hydrogens (tertiary/aromatic N) is 3. The fourth-order valence-corrected chi connectivity index (χ4v) is 4.57. The quantitative estimate of drug-likeness (QED) is 0.725. The van der Waals surface area contributed by atoms with Crippen LogP contribution in [0.3, 0.4) is 0 Å². The third-order valence-corrected chi connectivity index (χ3v) is 5.80. The van der Waals surface area contributed by atoms with Crippen molar-refractivity contribution in [2.75, 3.05) is 16.8 Å². The van der Waals surface area contributed by atoms with E-state index < -0.39 is 5.41 Å². The number of anilines is 2.